The summed E-state index contributed by atoms with van der Waals surface area (Å²) in [5, 5.41) is 9.11. The van der Waals surface area contributed by atoms with Crippen LogP contribution in [-0.4, -0.2) is 35.6 Å². The summed E-state index contributed by atoms with van der Waals surface area (Å²) >= 11 is 0. The number of aromatic nitrogens is 1. The van der Waals surface area contributed by atoms with Crippen LogP contribution in [0.5, 0.6) is 5.75 Å². The quantitative estimate of drug-likeness (QED) is 0.860. The lowest BCUT2D eigenvalue weighted by atomic mass is 10.1. The van der Waals surface area contributed by atoms with Gasteiger partial charge in [-0.2, -0.15) is 0 Å². The van der Waals surface area contributed by atoms with Crippen molar-refractivity contribution < 1.29 is 23.0 Å². The molecule has 7 heteroatoms. The standard InChI is InChI=1S/C10H11F3N2O2/c1-6-2-9(15-4-7(16)5-15)14-3-8(6)17-10(11,12)13/h2-3,7,16H,4-5H2,1H3. The summed E-state index contributed by atoms with van der Waals surface area (Å²) in [6, 6.07) is 1.51. The first-order valence-electron chi connectivity index (χ1n) is 5.00. The second-order valence-electron chi connectivity index (χ2n) is 3.91. The normalized spacial score (nSPS) is 16.9. The number of halogens is 3. The maximum Gasteiger partial charge on any atom is 0.573 e. The Morgan fingerprint density at radius 1 is 1.47 bits per heavy atom. The van der Waals surface area contributed by atoms with Gasteiger partial charge in [0.05, 0.1) is 12.3 Å². The molecule has 0 aliphatic carbocycles. The van der Waals surface area contributed by atoms with Crippen molar-refractivity contribution in [3.8, 4) is 5.75 Å². The summed E-state index contributed by atoms with van der Waals surface area (Å²) in [6.45, 7) is 2.42. The van der Waals surface area contributed by atoms with Gasteiger partial charge in [0.2, 0.25) is 0 Å². The molecule has 94 valence electrons. The van der Waals surface area contributed by atoms with Gasteiger partial charge in [-0.25, -0.2) is 4.98 Å². The lowest BCUT2D eigenvalue weighted by Crippen LogP contribution is -2.51. The summed E-state index contributed by atoms with van der Waals surface area (Å²) < 4.78 is 39.9. The Bertz CT molecular complexity index is 417. The van der Waals surface area contributed by atoms with E-state index in [0.29, 0.717) is 24.5 Å². The van der Waals surface area contributed by atoms with Crippen LogP contribution in [0.25, 0.3) is 0 Å². The number of anilines is 1. The molecule has 1 aliphatic heterocycles. The molecule has 0 amide bonds. The van der Waals surface area contributed by atoms with Crippen molar-refractivity contribution >= 4 is 5.82 Å². The highest BCUT2D eigenvalue weighted by atomic mass is 19.4. The van der Waals surface area contributed by atoms with Gasteiger partial charge in [0.1, 0.15) is 5.82 Å². The summed E-state index contributed by atoms with van der Waals surface area (Å²) in [6.07, 6.45) is -4.05. The van der Waals surface area contributed by atoms with Crippen molar-refractivity contribution in [2.75, 3.05) is 18.0 Å². The molecule has 1 saturated heterocycles. The van der Waals surface area contributed by atoms with E-state index in [0.717, 1.165) is 6.20 Å². The molecule has 1 aromatic heterocycles. The van der Waals surface area contributed by atoms with Crippen LogP contribution in [0.1, 0.15) is 5.56 Å². The minimum Gasteiger partial charge on any atom is -0.404 e. The maximum atomic E-state index is 12.0. The van der Waals surface area contributed by atoms with E-state index in [1.807, 2.05) is 0 Å². The van der Waals surface area contributed by atoms with Crippen molar-refractivity contribution in [2.45, 2.75) is 19.4 Å². The first kappa shape index (κ1) is 12.0. The van der Waals surface area contributed by atoms with Gasteiger partial charge in [-0.15, -0.1) is 13.2 Å². The molecule has 1 N–H and O–H groups in total. The van der Waals surface area contributed by atoms with Crippen molar-refractivity contribution in [3.05, 3.63) is 17.8 Å². The number of aryl methyl sites for hydroxylation is 1. The van der Waals surface area contributed by atoms with E-state index in [-0.39, 0.29) is 11.9 Å². The van der Waals surface area contributed by atoms with E-state index in [9.17, 15) is 13.2 Å². The average molecular weight is 248 g/mol. The number of aliphatic hydroxyl groups excluding tert-OH is 1. The zero-order valence-electron chi connectivity index (χ0n) is 9.03. The lowest BCUT2D eigenvalue weighted by molar-refractivity contribution is -0.274. The van der Waals surface area contributed by atoms with E-state index in [1.54, 1.807) is 4.90 Å². The fourth-order valence-corrected chi connectivity index (χ4v) is 1.58. The summed E-state index contributed by atoms with van der Waals surface area (Å²) in [5.41, 5.74) is 0.355. The molecule has 4 nitrogen and oxygen atoms in total. The van der Waals surface area contributed by atoms with E-state index >= 15 is 0 Å². The first-order chi connectivity index (χ1) is 7.85. The van der Waals surface area contributed by atoms with Crippen LogP contribution in [0.3, 0.4) is 0 Å². The second kappa shape index (κ2) is 4.06. The minimum atomic E-state index is -4.71. The summed E-state index contributed by atoms with van der Waals surface area (Å²) in [4.78, 5) is 5.64. The number of aliphatic hydroxyl groups is 1. The maximum absolute atomic E-state index is 12.0. The second-order valence-corrected chi connectivity index (χ2v) is 3.91. The third-order valence-electron chi connectivity index (χ3n) is 2.46. The molecule has 17 heavy (non-hydrogen) atoms. The largest absolute Gasteiger partial charge is 0.573 e. The molecular weight excluding hydrogens is 237 g/mol. The number of alkyl halides is 3. The summed E-state index contributed by atoms with van der Waals surface area (Å²) in [7, 11) is 0. The third kappa shape index (κ3) is 2.79. The van der Waals surface area contributed by atoms with Crippen LogP contribution < -0.4 is 9.64 Å². The fourth-order valence-electron chi connectivity index (χ4n) is 1.58. The predicted molar refractivity (Wildman–Crippen MR) is 53.9 cm³/mol. The lowest BCUT2D eigenvalue weighted by Gasteiger charge is -2.37. The number of pyridine rings is 1. The number of hydrogen-bond donors (Lipinski definition) is 1. The van der Waals surface area contributed by atoms with Crippen LogP contribution in [0, 0.1) is 6.92 Å². The number of hydrogen-bond acceptors (Lipinski definition) is 4. The smallest absolute Gasteiger partial charge is 0.404 e. The van der Waals surface area contributed by atoms with E-state index in [4.69, 9.17) is 5.11 Å². The molecule has 1 fully saturated rings. The monoisotopic (exact) mass is 248 g/mol. The Kier molecular flexibility index (Phi) is 2.86. The molecule has 1 aromatic rings. The molecule has 1 aliphatic rings. The highest BCUT2D eigenvalue weighted by Gasteiger charge is 2.32. The molecule has 0 unspecified atom stereocenters. The third-order valence-corrected chi connectivity index (χ3v) is 2.46. The number of rotatable bonds is 2. The van der Waals surface area contributed by atoms with Crippen LogP contribution in [0.15, 0.2) is 12.3 Å². The Balaban J connectivity index is 2.12. The van der Waals surface area contributed by atoms with Crippen molar-refractivity contribution in [1.82, 2.24) is 4.98 Å². The molecule has 0 atom stereocenters. The van der Waals surface area contributed by atoms with Gasteiger partial charge in [0, 0.05) is 13.1 Å². The predicted octanol–water partition coefficient (Wildman–Crippen LogP) is 1.47. The van der Waals surface area contributed by atoms with Gasteiger partial charge in [-0.3, -0.25) is 0 Å². The van der Waals surface area contributed by atoms with E-state index < -0.39 is 6.36 Å². The fraction of sp³-hybridized carbons (Fsp3) is 0.500. The van der Waals surface area contributed by atoms with Gasteiger partial charge < -0.3 is 14.7 Å². The van der Waals surface area contributed by atoms with E-state index in [2.05, 4.69) is 9.72 Å². The Morgan fingerprint density at radius 2 is 2.12 bits per heavy atom. The van der Waals surface area contributed by atoms with Crippen molar-refractivity contribution in [1.29, 1.82) is 0 Å². The highest BCUT2D eigenvalue weighted by Crippen LogP contribution is 2.28. The van der Waals surface area contributed by atoms with Gasteiger partial charge in [0.15, 0.2) is 5.75 Å². The molecule has 0 bridgehead atoms. The van der Waals surface area contributed by atoms with Crippen molar-refractivity contribution in [2.24, 2.45) is 0 Å². The zero-order chi connectivity index (χ0) is 12.6. The van der Waals surface area contributed by atoms with Crippen LogP contribution in [0.4, 0.5) is 19.0 Å². The van der Waals surface area contributed by atoms with Gasteiger partial charge in [-0.05, 0) is 18.6 Å². The zero-order valence-corrected chi connectivity index (χ0v) is 9.03. The summed E-state index contributed by atoms with van der Waals surface area (Å²) in [5.74, 6) is 0.240. The topological polar surface area (TPSA) is 45.6 Å². The van der Waals surface area contributed by atoms with E-state index in [1.165, 1.54) is 13.0 Å². The van der Waals surface area contributed by atoms with Crippen LogP contribution >= 0.6 is 0 Å². The van der Waals surface area contributed by atoms with Crippen molar-refractivity contribution in [3.63, 3.8) is 0 Å². The minimum absolute atomic E-state index is 0.303. The van der Waals surface area contributed by atoms with Gasteiger partial charge in [-0.1, -0.05) is 0 Å². The molecule has 0 saturated carbocycles. The molecule has 0 spiro atoms. The number of ether oxygens (including phenoxy) is 1. The Labute approximate surface area is 95.6 Å². The highest BCUT2D eigenvalue weighted by molar-refractivity contribution is 5.47. The van der Waals surface area contributed by atoms with Crippen LogP contribution in [0.2, 0.25) is 0 Å². The van der Waals surface area contributed by atoms with Gasteiger partial charge in [0.25, 0.3) is 0 Å². The van der Waals surface area contributed by atoms with Gasteiger partial charge >= 0.3 is 6.36 Å². The average Bonchev–Trinajstić information content (AvgIpc) is 2.15. The van der Waals surface area contributed by atoms with Crippen LogP contribution in [-0.2, 0) is 0 Å². The Hall–Kier alpha value is -1.50. The Morgan fingerprint density at radius 3 is 2.59 bits per heavy atom. The molecule has 2 heterocycles. The SMILES string of the molecule is Cc1cc(N2CC(O)C2)ncc1OC(F)(F)F. The molecule has 0 radical (unpaired) electrons. The molecular formula is C10H11F3N2O2. The first-order valence-corrected chi connectivity index (χ1v) is 5.00. The molecule has 0 aromatic carbocycles. The number of β-amino-alcohol motifs (C(OH)–C–C–N with tert-alkyl or cyclic N) is 1. The number of nitrogens with zero attached hydrogens (tertiary/aromatic N) is 2. The molecule has 2 rings (SSSR count).